The fourth-order valence-corrected chi connectivity index (χ4v) is 11.2. The molecule has 0 aliphatic rings. The number of nitrogens with zero attached hydrogens (tertiary/aromatic N) is 1. The van der Waals surface area contributed by atoms with Crippen LogP contribution in [0.25, 0.3) is 11.1 Å². The summed E-state index contributed by atoms with van der Waals surface area (Å²) in [6, 6.07) is 62.7. The monoisotopic (exact) mass is 615 g/mol. The molecule has 0 heterocycles. The second-order valence-corrected chi connectivity index (χ2v) is 15.1. The van der Waals surface area contributed by atoms with E-state index in [4.69, 9.17) is 0 Å². The molecule has 0 radical (unpaired) electrons. The summed E-state index contributed by atoms with van der Waals surface area (Å²) < 4.78 is 27.5. The van der Waals surface area contributed by atoms with Crippen molar-refractivity contribution in [2.45, 2.75) is 0 Å². The van der Waals surface area contributed by atoms with Crippen molar-refractivity contribution in [1.82, 2.24) is 0 Å². The van der Waals surface area contributed by atoms with Crippen molar-refractivity contribution in [1.29, 1.82) is 0 Å². The maximum atomic E-state index is 13.8. The summed E-state index contributed by atoms with van der Waals surface area (Å²) in [6.07, 6.45) is 0. The third kappa shape index (κ3) is 5.55. The normalized spacial score (nSPS) is 11.3. The lowest BCUT2D eigenvalue weighted by atomic mass is 10.0. The fraction of sp³-hybridized carbons (Fsp3) is 0. The lowest BCUT2D eigenvalue weighted by molar-refractivity contribution is 0.628. The minimum atomic E-state index is -2.59. The highest BCUT2D eigenvalue weighted by Gasteiger charge is 2.41. The van der Waals surface area contributed by atoms with Crippen molar-refractivity contribution in [3.63, 3.8) is 0 Å². The summed E-state index contributed by atoms with van der Waals surface area (Å²) in [6.45, 7) is 0. The number of rotatable bonds is 8. The van der Waals surface area contributed by atoms with E-state index >= 15 is 0 Å². The van der Waals surface area contributed by atoms with Gasteiger partial charge < -0.3 is 4.90 Å². The predicted molar refractivity (Wildman–Crippen MR) is 190 cm³/mol. The minimum Gasteiger partial charge on any atom is -0.310 e. The van der Waals surface area contributed by atoms with Gasteiger partial charge in [0, 0.05) is 17.1 Å². The Morgan fingerprint density at radius 3 is 0.935 bits per heavy atom. The van der Waals surface area contributed by atoms with E-state index in [2.05, 4.69) is 127 Å². The Balaban J connectivity index is 1.29. The lowest BCUT2D eigenvalue weighted by Gasteiger charge is -2.34. The van der Waals surface area contributed by atoms with Gasteiger partial charge in [0.15, 0.2) is 8.07 Å². The Kier molecular flexibility index (Phi) is 8.11. The molecule has 0 bridgehead atoms. The van der Waals surface area contributed by atoms with E-state index in [1.165, 1.54) is 45.0 Å². The molecule has 0 atom stereocenters. The third-order valence-corrected chi connectivity index (χ3v) is 13.4. The van der Waals surface area contributed by atoms with Crippen LogP contribution in [-0.4, -0.2) is 8.07 Å². The summed E-state index contributed by atoms with van der Waals surface area (Å²) in [5.41, 5.74) is 4.66. The van der Waals surface area contributed by atoms with Crippen molar-refractivity contribution in [3.05, 3.63) is 200 Å². The highest BCUT2D eigenvalue weighted by Crippen LogP contribution is 2.35. The van der Waals surface area contributed by atoms with Crippen LogP contribution in [0, 0.1) is 11.6 Å². The van der Waals surface area contributed by atoms with E-state index in [0.717, 1.165) is 28.2 Å². The molecule has 0 aliphatic carbocycles. The maximum absolute atomic E-state index is 13.8. The zero-order chi connectivity index (χ0) is 31.3. The van der Waals surface area contributed by atoms with E-state index in [9.17, 15) is 8.78 Å². The first kappa shape index (κ1) is 29.1. The van der Waals surface area contributed by atoms with Crippen LogP contribution >= 0.6 is 0 Å². The van der Waals surface area contributed by atoms with Gasteiger partial charge in [0.25, 0.3) is 0 Å². The van der Waals surface area contributed by atoms with Gasteiger partial charge in [-0.05, 0) is 92.5 Å². The predicted octanol–water partition coefficient (Wildman–Crippen LogP) is 8.48. The van der Waals surface area contributed by atoms with Crippen LogP contribution in [0.1, 0.15) is 0 Å². The van der Waals surface area contributed by atoms with Crippen molar-refractivity contribution < 1.29 is 8.78 Å². The molecule has 0 aromatic heterocycles. The van der Waals surface area contributed by atoms with Crippen molar-refractivity contribution in [3.8, 4) is 11.1 Å². The molecular weight excluding hydrogens is 585 g/mol. The first-order valence-electron chi connectivity index (χ1n) is 15.3. The van der Waals surface area contributed by atoms with E-state index in [1.54, 1.807) is 24.3 Å². The molecule has 0 saturated heterocycles. The second kappa shape index (κ2) is 12.8. The maximum Gasteiger partial charge on any atom is 0.179 e. The van der Waals surface area contributed by atoms with E-state index in [-0.39, 0.29) is 11.6 Å². The number of halogens is 2. The largest absolute Gasteiger partial charge is 0.310 e. The highest BCUT2D eigenvalue weighted by atomic mass is 28.3. The molecule has 0 aliphatic heterocycles. The highest BCUT2D eigenvalue weighted by molar-refractivity contribution is 7.19. The standard InChI is InChI=1S/C42H31F2NSi/c43-34-20-26-37(27-21-34)45(38-28-22-35(44)23-29-38)36-24-16-32(17-25-36)33-18-30-42(31-19-33)46(39-10-4-1-5-11-39,40-12-6-2-7-13-40)41-14-8-3-9-15-41/h1-31H. The van der Waals surface area contributed by atoms with Gasteiger partial charge >= 0.3 is 0 Å². The Labute approximate surface area is 269 Å². The quantitative estimate of drug-likeness (QED) is 0.122. The van der Waals surface area contributed by atoms with Crippen LogP contribution in [0.5, 0.6) is 0 Å². The molecule has 222 valence electrons. The zero-order valence-electron chi connectivity index (χ0n) is 25.1. The first-order chi connectivity index (χ1) is 22.6. The first-order valence-corrected chi connectivity index (χ1v) is 17.3. The van der Waals surface area contributed by atoms with Crippen molar-refractivity contribution in [2.75, 3.05) is 4.90 Å². The average molecular weight is 616 g/mol. The molecule has 0 N–H and O–H groups in total. The SMILES string of the molecule is Fc1ccc(N(c2ccc(F)cc2)c2ccc(-c3ccc([Si](c4ccccc4)(c4ccccc4)c4ccccc4)cc3)cc2)cc1. The van der Waals surface area contributed by atoms with Crippen LogP contribution in [0.15, 0.2) is 188 Å². The number of anilines is 3. The van der Waals surface area contributed by atoms with Gasteiger partial charge in [-0.3, -0.25) is 0 Å². The molecule has 0 spiro atoms. The Bertz CT molecular complexity index is 1870. The molecule has 7 aromatic rings. The zero-order valence-corrected chi connectivity index (χ0v) is 26.1. The smallest absolute Gasteiger partial charge is 0.179 e. The van der Waals surface area contributed by atoms with Gasteiger partial charge in [0.05, 0.1) is 0 Å². The molecule has 0 unspecified atom stereocenters. The molecule has 0 amide bonds. The molecule has 1 nitrogen and oxygen atoms in total. The van der Waals surface area contributed by atoms with E-state index in [1.807, 2.05) is 17.0 Å². The van der Waals surface area contributed by atoms with Gasteiger partial charge in [0.1, 0.15) is 11.6 Å². The summed E-state index contributed by atoms with van der Waals surface area (Å²) in [4.78, 5) is 1.99. The van der Waals surface area contributed by atoms with Crippen molar-refractivity contribution in [2.24, 2.45) is 0 Å². The summed E-state index contributed by atoms with van der Waals surface area (Å²) in [5.74, 6) is -0.610. The summed E-state index contributed by atoms with van der Waals surface area (Å²) in [7, 11) is -2.59. The van der Waals surface area contributed by atoms with E-state index < -0.39 is 8.07 Å². The van der Waals surface area contributed by atoms with Gasteiger partial charge in [-0.15, -0.1) is 0 Å². The fourth-order valence-electron chi connectivity index (χ4n) is 6.41. The number of benzene rings is 7. The van der Waals surface area contributed by atoms with E-state index in [0.29, 0.717) is 0 Å². The second-order valence-electron chi connectivity index (χ2n) is 11.3. The lowest BCUT2D eigenvalue weighted by Crippen LogP contribution is -2.74. The molecule has 4 heteroatoms. The summed E-state index contributed by atoms with van der Waals surface area (Å²) >= 11 is 0. The van der Waals surface area contributed by atoms with Crippen LogP contribution in [0.2, 0.25) is 0 Å². The third-order valence-electron chi connectivity index (χ3n) is 8.57. The van der Waals surface area contributed by atoms with Gasteiger partial charge in [-0.1, -0.05) is 127 Å². The molecule has 7 aromatic carbocycles. The van der Waals surface area contributed by atoms with Gasteiger partial charge in [-0.25, -0.2) is 8.78 Å². The molecule has 0 fully saturated rings. The van der Waals surface area contributed by atoms with Gasteiger partial charge in [-0.2, -0.15) is 0 Å². The molecule has 46 heavy (non-hydrogen) atoms. The molecule has 7 rings (SSSR count). The van der Waals surface area contributed by atoms with Crippen LogP contribution in [0.3, 0.4) is 0 Å². The summed E-state index contributed by atoms with van der Waals surface area (Å²) in [5, 5.41) is 5.33. The molecule has 0 saturated carbocycles. The van der Waals surface area contributed by atoms with Crippen LogP contribution in [0.4, 0.5) is 25.8 Å². The Morgan fingerprint density at radius 1 is 0.304 bits per heavy atom. The molecular formula is C42H31F2NSi. The van der Waals surface area contributed by atoms with Crippen LogP contribution < -0.4 is 25.6 Å². The number of hydrogen-bond acceptors (Lipinski definition) is 1. The number of hydrogen-bond donors (Lipinski definition) is 0. The minimum absolute atomic E-state index is 0.305. The van der Waals surface area contributed by atoms with Gasteiger partial charge in [0.2, 0.25) is 0 Å². The van der Waals surface area contributed by atoms with Crippen molar-refractivity contribution >= 4 is 45.9 Å². The average Bonchev–Trinajstić information content (AvgIpc) is 3.12. The Hall–Kier alpha value is -5.58. The topological polar surface area (TPSA) is 3.24 Å². The Morgan fingerprint density at radius 2 is 0.587 bits per heavy atom. The van der Waals surface area contributed by atoms with Crippen LogP contribution in [-0.2, 0) is 0 Å².